The van der Waals surface area contributed by atoms with Crippen LogP contribution in [0.2, 0.25) is 0 Å². The second kappa shape index (κ2) is 6.18. The minimum Gasteiger partial charge on any atom is -0.341 e. The van der Waals surface area contributed by atoms with E-state index in [0.29, 0.717) is 12.5 Å². The van der Waals surface area contributed by atoms with E-state index in [1.54, 1.807) is 0 Å². The van der Waals surface area contributed by atoms with Gasteiger partial charge in [0.15, 0.2) is 0 Å². The Hall–Kier alpha value is -0.320. The third kappa shape index (κ3) is 3.50. The summed E-state index contributed by atoms with van der Waals surface area (Å²) in [6.07, 6.45) is 2.21. The topological polar surface area (TPSA) is 72.4 Å². The molecule has 0 aromatic heterocycles. The van der Waals surface area contributed by atoms with E-state index in [9.17, 15) is 4.79 Å². The highest BCUT2D eigenvalue weighted by atomic mass is 35.5. The lowest BCUT2D eigenvalue weighted by molar-refractivity contribution is -0.131. The summed E-state index contributed by atoms with van der Waals surface area (Å²) in [7, 11) is 0. The molecule has 4 N–H and O–H groups in total. The van der Waals surface area contributed by atoms with Crippen molar-refractivity contribution in [2.45, 2.75) is 12.8 Å². The minimum absolute atomic E-state index is 0. The molecule has 1 fully saturated rings. The first kappa shape index (κ1) is 12.7. The SMILES string of the molecule is Cl.NCC(=O)N1CCCC(CN)C1. The van der Waals surface area contributed by atoms with Crippen LogP contribution in [0, 0.1) is 5.92 Å². The molecule has 5 heteroatoms. The number of carbonyl (C=O) groups excluding carboxylic acids is 1. The summed E-state index contributed by atoms with van der Waals surface area (Å²) >= 11 is 0. The van der Waals surface area contributed by atoms with E-state index < -0.39 is 0 Å². The number of nitrogens with zero attached hydrogens (tertiary/aromatic N) is 1. The van der Waals surface area contributed by atoms with Crippen molar-refractivity contribution in [3.63, 3.8) is 0 Å². The molecule has 0 saturated carbocycles. The molecular weight excluding hydrogens is 190 g/mol. The third-order valence-electron chi connectivity index (χ3n) is 2.38. The van der Waals surface area contributed by atoms with E-state index >= 15 is 0 Å². The molecule has 1 rings (SSSR count). The van der Waals surface area contributed by atoms with Crippen LogP contribution in [0.1, 0.15) is 12.8 Å². The van der Waals surface area contributed by atoms with Gasteiger partial charge in [0.2, 0.25) is 5.91 Å². The number of hydrogen-bond donors (Lipinski definition) is 2. The van der Waals surface area contributed by atoms with E-state index in [2.05, 4.69) is 0 Å². The third-order valence-corrected chi connectivity index (χ3v) is 2.38. The van der Waals surface area contributed by atoms with Crippen molar-refractivity contribution in [1.82, 2.24) is 4.90 Å². The molecule has 0 aromatic rings. The average Bonchev–Trinajstić information content (AvgIpc) is 2.17. The molecule has 0 aromatic carbocycles. The summed E-state index contributed by atoms with van der Waals surface area (Å²) in [5.41, 5.74) is 10.8. The van der Waals surface area contributed by atoms with Crippen LogP contribution in [0.15, 0.2) is 0 Å². The molecule has 0 bridgehead atoms. The molecule has 78 valence electrons. The smallest absolute Gasteiger partial charge is 0.236 e. The van der Waals surface area contributed by atoms with Crippen LogP contribution in [-0.4, -0.2) is 37.0 Å². The summed E-state index contributed by atoms with van der Waals surface area (Å²) in [6.45, 7) is 2.45. The predicted octanol–water partition coefficient (Wildman–Crippen LogP) is -0.436. The molecule has 1 aliphatic heterocycles. The fraction of sp³-hybridized carbons (Fsp3) is 0.875. The molecule has 4 nitrogen and oxygen atoms in total. The van der Waals surface area contributed by atoms with E-state index in [-0.39, 0.29) is 24.9 Å². The van der Waals surface area contributed by atoms with E-state index in [1.165, 1.54) is 0 Å². The Labute approximate surface area is 85.0 Å². The predicted molar refractivity (Wildman–Crippen MR) is 54.7 cm³/mol. The zero-order valence-electron chi connectivity index (χ0n) is 7.74. The molecule has 1 aliphatic rings. The Morgan fingerprint density at radius 2 is 2.15 bits per heavy atom. The number of amides is 1. The van der Waals surface area contributed by atoms with Crippen molar-refractivity contribution in [3.05, 3.63) is 0 Å². The van der Waals surface area contributed by atoms with Gasteiger partial charge >= 0.3 is 0 Å². The second-order valence-electron chi connectivity index (χ2n) is 3.29. The van der Waals surface area contributed by atoms with Gasteiger partial charge in [0.1, 0.15) is 0 Å². The van der Waals surface area contributed by atoms with Gasteiger partial charge in [-0.15, -0.1) is 12.4 Å². The second-order valence-corrected chi connectivity index (χ2v) is 3.29. The zero-order chi connectivity index (χ0) is 8.97. The zero-order valence-corrected chi connectivity index (χ0v) is 8.55. The fourth-order valence-corrected chi connectivity index (χ4v) is 1.61. The van der Waals surface area contributed by atoms with Gasteiger partial charge in [0.25, 0.3) is 0 Å². The van der Waals surface area contributed by atoms with E-state index in [1.807, 2.05) is 4.90 Å². The van der Waals surface area contributed by atoms with Crippen molar-refractivity contribution < 1.29 is 4.79 Å². The summed E-state index contributed by atoms with van der Waals surface area (Å²) in [4.78, 5) is 13.0. The van der Waals surface area contributed by atoms with Gasteiger partial charge in [0.05, 0.1) is 6.54 Å². The minimum atomic E-state index is 0. The van der Waals surface area contributed by atoms with Gasteiger partial charge in [-0.05, 0) is 25.3 Å². The highest BCUT2D eigenvalue weighted by Crippen LogP contribution is 2.14. The molecular formula is C8H18ClN3O. The number of hydrogen-bond acceptors (Lipinski definition) is 3. The van der Waals surface area contributed by atoms with E-state index in [0.717, 1.165) is 25.9 Å². The van der Waals surface area contributed by atoms with Crippen LogP contribution in [0.4, 0.5) is 0 Å². The number of piperidine rings is 1. The van der Waals surface area contributed by atoms with Crippen molar-refractivity contribution in [2.75, 3.05) is 26.2 Å². The molecule has 1 amide bonds. The highest BCUT2D eigenvalue weighted by molar-refractivity contribution is 5.85. The van der Waals surface area contributed by atoms with Crippen molar-refractivity contribution in [3.8, 4) is 0 Å². The molecule has 0 radical (unpaired) electrons. The van der Waals surface area contributed by atoms with Crippen molar-refractivity contribution >= 4 is 18.3 Å². The molecule has 1 unspecified atom stereocenters. The normalized spacial score (nSPS) is 22.3. The maximum Gasteiger partial charge on any atom is 0.236 e. The number of likely N-dealkylation sites (tertiary alicyclic amines) is 1. The first-order chi connectivity index (χ1) is 5.77. The van der Waals surface area contributed by atoms with Crippen LogP contribution >= 0.6 is 12.4 Å². The van der Waals surface area contributed by atoms with Gasteiger partial charge in [-0.25, -0.2) is 0 Å². The van der Waals surface area contributed by atoms with Crippen LogP contribution in [0.5, 0.6) is 0 Å². The van der Waals surface area contributed by atoms with Crippen molar-refractivity contribution in [2.24, 2.45) is 17.4 Å². The molecule has 0 spiro atoms. The Morgan fingerprint density at radius 1 is 1.46 bits per heavy atom. The largest absolute Gasteiger partial charge is 0.341 e. The van der Waals surface area contributed by atoms with Crippen LogP contribution in [0.25, 0.3) is 0 Å². The van der Waals surface area contributed by atoms with E-state index in [4.69, 9.17) is 11.5 Å². The van der Waals surface area contributed by atoms with Crippen molar-refractivity contribution in [1.29, 1.82) is 0 Å². The maximum absolute atomic E-state index is 11.2. The van der Waals surface area contributed by atoms with Gasteiger partial charge in [-0.1, -0.05) is 0 Å². The quantitative estimate of drug-likeness (QED) is 0.645. The Morgan fingerprint density at radius 3 is 2.69 bits per heavy atom. The van der Waals surface area contributed by atoms with Gasteiger partial charge < -0.3 is 16.4 Å². The molecule has 1 heterocycles. The van der Waals surface area contributed by atoms with Gasteiger partial charge in [0, 0.05) is 13.1 Å². The fourth-order valence-electron chi connectivity index (χ4n) is 1.61. The molecule has 0 aliphatic carbocycles. The maximum atomic E-state index is 11.2. The monoisotopic (exact) mass is 207 g/mol. The number of nitrogens with two attached hydrogens (primary N) is 2. The first-order valence-corrected chi connectivity index (χ1v) is 4.45. The number of carbonyl (C=O) groups is 1. The Kier molecular flexibility index (Phi) is 6.03. The summed E-state index contributed by atoms with van der Waals surface area (Å²) < 4.78 is 0. The van der Waals surface area contributed by atoms with Gasteiger partial charge in [-0.3, -0.25) is 4.79 Å². The highest BCUT2D eigenvalue weighted by Gasteiger charge is 2.21. The lowest BCUT2D eigenvalue weighted by atomic mass is 9.98. The summed E-state index contributed by atoms with van der Waals surface area (Å²) in [5.74, 6) is 0.530. The van der Waals surface area contributed by atoms with Gasteiger partial charge in [-0.2, -0.15) is 0 Å². The number of halogens is 1. The standard InChI is InChI=1S/C8H17N3O.ClH/c9-4-7-2-1-3-11(6-7)8(12)5-10;/h7H,1-6,9-10H2;1H. The molecule has 1 atom stereocenters. The Balaban J connectivity index is 0.00000144. The lowest BCUT2D eigenvalue weighted by Crippen LogP contribution is -2.44. The average molecular weight is 208 g/mol. The summed E-state index contributed by atoms with van der Waals surface area (Å²) in [5, 5.41) is 0. The molecule has 1 saturated heterocycles. The number of rotatable bonds is 2. The summed E-state index contributed by atoms with van der Waals surface area (Å²) in [6, 6.07) is 0. The first-order valence-electron chi connectivity index (χ1n) is 4.45. The Bertz CT molecular complexity index is 165. The molecule has 13 heavy (non-hydrogen) atoms. The van der Waals surface area contributed by atoms with Crippen LogP contribution in [-0.2, 0) is 4.79 Å². The van der Waals surface area contributed by atoms with Crippen LogP contribution in [0.3, 0.4) is 0 Å². The lowest BCUT2D eigenvalue weighted by Gasteiger charge is -2.31. The van der Waals surface area contributed by atoms with Crippen LogP contribution < -0.4 is 11.5 Å².